The number of fused-ring (bicyclic) bond motifs is 1. The number of nitrogens with zero attached hydrogens (tertiary/aromatic N) is 1. The fourth-order valence-corrected chi connectivity index (χ4v) is 1.58. The monoisotopic (exact) mass is 152 g/mol. The number of hydrogen-bond acceptors (Lipinski definition) is 3. The summed E-state index contributed by atoms with van der Waals surface area (Å²) in [6.45, 7) is 0. The molecule has 0 bridgehead atoms. The van der Waals surface area contributed by atoms with Gasteiger partial charge in [0.25, 0.3) is 0 Å². The number of hydrogen-bond donors (Lipinski definition) is 1. The molecule has 2 rings (SSSR count). The molecule has 1 atom stereocenters. The molecule has 3 heteroatoms. The largest absolute Gasteiger partial charge is 0.334 e. The first-order chi connectivity index (χ1) is 4.97. The van der Waals surface area contributed by atoms with Gasteiger partial charge in [-0.3, -0.25) is 0 Å². The smallest absolute Gasteiger partial charge is 0.112 e. The van der Waals surface area contributed by atoms with Crippen LogP contribution in [0.1, 0.15) is 0 Å². The normalized spacial score (nSPS) is 28.8. The van der Waals surface area contributed by atoms with E-state index in [1.807, 2.05) is 23.8 Å². The second-order valence-corrected chi connectivity index (χ2v) is 2.88. The first-order valence-corrected chi connectivity index (χ1v) is 4.05. The molecular weight excluding hydrogens is 144 g/mol. The second kappa shape index (κ2) is 2.52. The van der Waals surface area contributed by atoms with Crippen molar-refractivity contribution in [2.75, 3.05) is 0 Å². The van der Waals surface area contributed by atoms with E-state index >= 15 is 0 Å². The standard InChI is InChI=1S/C7H8N2S/c1-2-4-9-5-6-10-8-7(9)3-1/h1-8H. The van der Waals surface area contributed by atoms with E-state index in [0.717, 1.165) is 0 Å². The van der Waals surface area contributed by atoms with E-state index < -0.39 is 0 Å². The Morgan fingerprint density at radius 3 is 3.20 bits per heavy atom. The lowest BCUT2D eigenvalue weighted by Crippen LogP contribution is -2.37. The molecule has 0 spiro atoms. The first-order valence-electron chi connectivity index (χ1n) is 3.17. The minimum Gasteiger partial charge on any atom is -0.334 e. The van der Waals surface area contributed by atoms with E-state index in [9.17, 15) is 0 Å². The van der Waals surface area contributed by atoms with Crippen molar-refractivity contribution in [3.63, 3.8) is 0 Å². The van der Waals surface area contributed by atoms with Gasteiger partial charge in [-0.2, -0.15) is 0 Å². The molecule has 1 N–H and O–H groups in total. The van der Waals surface area contributed by atoms with Gasteiger partial charge in [-0.15, -0.1) is 0 Å². The highest BCUT2D eigenvalue weighted by Gasteiger charge is 2.13. The Balaban J connectivity index is 2.21. The van der Waals surface area contributed by atoms with E-state index in [1.165, 1.54) is 0 Å². The third-order valence-corrected chi connectivity index (χ3v) is 2.11. The van der Waals surface area contributed by atoms with Crippen LogP contribution in [0.2, 0.25) is 0 Å². The molecule has 2 aliphatic heterocycles. The third kappa shape index (κ3) is 0.978. The lowest BCUT2D eigenvalue weighted by atomic mass is 10.3. The minimum absolute atomic E-state index is 0.347. The summed E-state index contributed by atoms with van der Waals surface area (Å²) in [5.41, 5.74) is 0. The molecule has 52 valence electrons. The summed E-state index contributed by atoms with van der Waals surface area (Å²) >= 11 is 1.62. The van der Waals surface area contributed by atoms with Gasteiger partial charge in [-0.25, -0.2) is 4.72 Å². The molecule has 0 saturated carbocycles. The summed E-state index contributed by atoms with van der Waals surface area (Å²) in [6.07, 6.45) is 10.7. The third-order valence-electron chi connectivity index (χ3n) is 1.47. The van der Waals surface area contributed by atoms with Gasteiger partial charge in [0, 0.05) is 17.8 Å². The molecule has 0 aromatic carbocycles. The lowest BCUT2D eigenvalue weighted by Gasteiger charge is -2.29. The fraction of sp³-hybridized carbons (Fsp3) is 0.143. The molecular formula is C7H8N2S. The van der Waals surface area contributed by atoms with Gasteiger partial charge < -0.3 is 4.90 Å². The summed E-state index contributed by atoms with van der Waals surface area (Å²) < 4.78 is 3.24. The lowest BCUT2D eigenvalue weighted by molar-refractivity contribution is 0.407. The molecule has 10 heavy (non-hydrogen) atoms. The summed E-state index contributed by atoms with van der Waals surface area (Å²) in [5, 5.41) is 2.03. The van der Waals surface area contributed by atoms with Gasteiger partial charge in [0.1, 0.15) is 6.17 Å². The minimum atomic E-state index is 0.347. The highest BCUT2D eigenvalue weighted by molar-refractivity contribution is 8.00. The van der Waals surface area contributed by atoms with Gasteiger partial charge in [0.15, 0.2) is 0 Å². The van der Waals surface area contributed by atoms with Gasteiger partial charge in [0.05, 0.1) is 0 Å². The van der Waals surface area contributed by atoms with Crippen molar-refractivity contribution < 1.29 is 0 Å². The average Bonchev–Trinajstić information content (AvgIpc) is 2.05. The Morgan fingerprint density at radius 2 is 2.30 bits per heavy atom. The number of nitrogens with one attached hydrogen (secondary N) is 1. The highest BCUT2D eigenvalue weighted by Crippen LogP contribution is 2.15. The maximum atomic E-state index is 3.24. The SMILES string of the molecule is C1=CC2NSC=CN2C=C1. The van der Waals surface area contributed by atoms with Crippen LogP contribution in [-0.4, -0.2) is 11.1 Å². The van der Waals surface area contributed by atoms with Crippen LogP contribution in [0.4, 0.5) is 0 Å². The Hall–Kier alpha value is -0.670. The Bertz CT molecular complexity index is 208. The Kier molecular flexibility index (Phi) is 1.53. The number of allylic oxidation sites excluding steroid dienone is 2. The fourth-order valence-electron chi connectivity index (χ4n) is 0.963. The Labute approximate surface area is 64.4 Å². The van der Waals surface area contributed by atoms with Crippen LogP contribution in [0.15, 0.2) is 36.0 Å². The predicted molar refractivity (Wildman–Crippen MR) is 43.8 cm³/mol. The average molecular weight is 152 g/mol. The molecule has 0 aromatic heterocycles. The van der Waals surface area contributed by atoms with Crippen LogP contribution >= 0.6 is 11.9 Å². The van der Waals surface area contributed by atoms with Crippen LogP contribution in [0, 0.1) is 0 Å². The van der Waals surface area contributed by atoms with E-state index in [0.29, 0.717) is 6.17 Å². The van der Waals surface area contributed by atoms with E-state index in [1.54, 1.807) is 11.9 Å². The molecule has 0 saturated heterocycles. The van der Waals surface area contributed by atoms with E-state index in [-0.39, 0.29) is 0 Å². The maximum absolute atomic E-state index is 3.24. The molecule has 0 radical (unpaired) electrons. The summed E-state index contributed by atoms with van der Waals surface area (Å²) in [6, 6.07) is 0. The molecule has 1 unspecified atom stereocenters. The van der Waals surface area contributed by atoms with E-state index in [2.05, 4.69) is 21.9 Å². The zero-order chi connectivity index (χ0) is 6.81. The first kappa shape index (κ1) is 6.07. The number of rotatable bonds is 0. The second-order valence-electron chi connectivity index (χ2n) is 2.14. The van der Waals surface area contributed by atoms with Crippen LogP contribution < -0.4 is 4.72 Å². The highest BCUT2D eigenvalue weighted by atomic mass is 32.2. The molecule has 2 aliphatic rings. The predicted octanol–water partition coefficient (Wildman–Crippen LogP) is 1.42. The van der Waals surface area contributed by atoms with Crippen LogP contribution in [0.5, 0.6) is 0 Å². The van der Waals surface area contributed by atoms with Crippen molar-refractivity contribution in [2.45, 2.75) is 6.17 Å². The summed E-state index contributed by atoms with van der Waals surface area (Å²) in [7, 11) is 0. The summed E-state index contributed by atoms with van der Waals surface area (Å²) in [4.78, 5) is 2.12. The van der Waals surface area contributed by atoms with Crippen molar-refractivity contribution >= 4 is 11.9 Å². The molecule has 0 fully saturated rings. The molecule has 0 aromatic rings. The van der Waals surface area contributed by atoms with Crippen molar-refractivity contribution in [3.8, 4) is 0 Å². The topological polar surface area (TPSA) is 15.3 Å². The van der Waals surface area contributed by atoms with Crippen LogP contribution in [0.3, 0.4) is 0 Å². The molecule has 2 nitrogen and oxygen atoms in total. The maximum Gasteiger partial charge on any atom is 0.112 e. The zero-order valence-electron chi connectivity index (χ0n) is 5.40. The van der Waals surface area contributed by atoms with Gasteiger partial charge >= 0.3 is 0 Å². The van der Waals surface area contributed by atoms with Gasteiger partial charge in [-0.05, 0) is 24.1 Å². The van der Waals surface area contributed by atoms with Gasteiger partial charge in [-0.1, -0.05) is 6.08 Å². The zero-order valence-corrected chi connectivity index (χ0v) is 6.21. The van der Waals surface area contributed by atoms with E-state index in [4.69, 9.17) is 0 Å². The Morgan fingerprint density at radius 1 is 1.30 bits per heavy atom. The van der Waals surface area contributed by atoms with Crippen molar-refractivity contribution in [1.29, 1.82) is 0 Å². The van der Waals surface area contributed by atoms with Crippen molar-refractivity contribution in [2.24, 2.45) is 0 Å². The van der Waals surface area contributed by atoms with Gasteiger partial charge in [0.2, 0.25) is 0 Å². The van der Waals surface area contributed by atoms with Crippen LogP contribution in [0.25, 0.3) is 0 Å². The molecule has 0 aliphatic carbocycles. The van der Waals surface area contributed by atoms with Crippen molar-refractivity contribution in [3.05, 3.63) is 36.0 Å². The van der Waals surface area contributed by atoms with Crippen LogP contribution in [-0.2, 0) is 0 Å². The molecule has 0 amide bonds. The quantitative estimate of drug-likeness (QED) is 0.528. The summed E-state index contributed by atoms with van der Waals surface area (Å²) in [5.74, 6) is 0. The van der Waals surface area contributed by atoms with Crippen molar-refractivity contribution in [1.82, 2.24) is 9.62 Å². The molecule has 2 heterocycles.